The van der Waals surface area contributed by atoms with Crippen molar-refractivity contribution in [2.24, 2.45) is 0 Å². The zero-order chi connectivity index (χ0) is 45.1. The molecule has 6 heteroatoms. The van der Waals surface area contributed by atoms with Crippen molar-refractivity contribution >= 4 is 17.9 Å². The lowest BCUT2D eigenvalue weighted by molar-refractivity contribution is -0.166. The van der Waals surface area contributed by atoms with Crippen molar-refractivity contribution < 1.29 is 28.6 Å². The van der Waals surface area contributed by atoms with Crippen molar-refractivity contribution in [1.82, 2.24) is 0 Å². The zero-order valence-corrected chi connectivity index (χ0v) is 40.9. The SMILES string of the molecule is CC/C=C\C/C=C\C/C=C\CCCCCCC(=O)OC(COC(=O)CC/C=C\C/C=C\CCCCCCCC)COC(=O)CCCCCCCCCCCCCCCCCCC. The number of hydrogen-bond acceptors (Lipinski definition) is 6. The Balaban J connectivity index is 4.43. The van der Waals surface area contributed by atoms with Crippen LogP contribution in [0.25, 0.3) is 0 Å². The molecule has 0 saturated carbocycles. The third-order valence-corrected chi connectivity index (χ3v) is 11.3. The van der Waals surface area contributed by atoms with Gasteiger partial charge in [-0.25, -0.2) is 0 Å². The predicted octanol–water partition coefficient (Wildman–Crippen LogP) is 17.3. The number of allylic oxidation sites excluding steroid dienone is 10. The molecule has 62 heavy (non-hydrogen) atoms. The largest absolute Gasteiger partial charge is 0.462 e. The molecular weight excluding hydrogens is 769 g/mol. The van der Waals surface area contributed by atoms with Crippen molar-refractivity contribution in [3.8, 4) is 0 Å². The lowest BCUT2D eigenvalue weighted by atomic mass is 10.0. The average molecular weight is 867 g/mol. The lowest BCUT2D eigenvalue weighted by Crippen LogP contribution is -2.30. The van der Waals surface area contributed by atoms with Crippen LogP contribution in [0, 0.1) is 0 Å². The second kappa shape index (κ2) is 50.8. The van der Waals surface area contributed by atoms with Crippen molar-refractivity contribution in [2.45, 2.75) is 264 Å². The van der Waals surface area contributed by atoms with Crippen molar-refractivity contribution in [1.29, 1.82) is 0 Å². The van der Waals surface area contributed by atoms with Gasteiger partial charge in [0, 0.05) is 19.3 Å². The molecule has 0 saturated heterocycles. The Morgan fingerprint density at radius 1 is 0.339 bits per heavy atom. The molecule has 0 aromatic heterocycles. The van der Waals surface area contributed by atoms with E-state index in [2.05, 4.69) is 75.5 Å². The van der Waals surface area contributed by atoms with Crippen LogP contribution in [0.5, 0.6) is 0 Å². The first-order chi connectivity index (χ1) is 30.5. The molecule has 0 aromatic rings. The van der Waals surface area contributed by atoms with Crippen molar-refractivity contribution in [3.63, 3.8) is 0 Å². The highest BCUT2D eigenvalue weighted by molar-refractivity contribution is 5.71. The van der Waals surface area contributed by atoms with Gasteiger partial charge in [-0.3, -0.25) is 14.4 Å². The summed E-state index contributed by atoms with van der Waals surface area (Å²) in [6.45, 7) is 6.46. The third kappa shape index (κ3) is 48.1. The van der Waals surface area contributed by atoms with E-state index in [-0.39, 0.29) is 37.5 Å². The maximum Gasteiger partial charge on any atom is 0.306 e. The van der Waals surface area contributed by atoms with E-state index in [9.17, 15) is 14.4 Å². The first-order valence-corrected chi connectivity index (χ1v) is 26.3. The quantitative estimate of drug-likeness (QED) is 0.0262. The van der Waals surface area contributed by atoms with E-state index in [1.54, 1.807) is 0 Å². The fourth-order valence-corrected chi connectivity index (χ4v) is 7.33. The van der Waals surface area contributed by atoms with Crippen LogP contribution in [0.1, 0.15) is 258 Å². The smallest absolute Gasteiger partial charge is 0.306 e. The third-order valence-electron chi connectivity index (χ3n) is 11.3. The van der Waals surface area contributed by atoms with Crippen LogP contribution in [0.3, 0.4) is 0 Å². The van der Waals surface area contributed by atoms with E-state index in [4.69, 9.17) is 14.2 Å². The Bertz CT molecular complexity index is 1130. The molecule has 0 spiro atoms. The summed E-state index contributed by atoms with van der Waals surface area (Å²) in [4.78, 5) is 37.9. The summed E-state index contributed by atoms with van der Waals surface area (Å²) in [5.41, 5.74) is 0. The van der Waals surface area contributed by atoms with Gasteiger partial charge in [0.25, 0.3) is 0 Å². The first kappa shape index (κ1) is 59.1. The Morgan fingerprint density at radius 2 is 0.661 bits per heavy atom. The normalized spacial score (nSPS) is 12.5. The summed E-state index contributed by atoms with van der Waals surface area (Å²) in [7, 11) is 0. The number of esters is 3. The van der Waals surface area contributed by atoms with Crippen LogP contribution in [0.2, 0.25) is 0 Å². The molecule has 0 heterocycles. The van der Waals surface area contributed by atoms with Gasteiger partial charge in [-0.1, -0.05) is 229 Å². The van der Waals surface area contributed by atoms with Gasteiger partial charge in [-0.2, -0.15) is 0 Å². The number of ether oxygens (including phenoxy) is 3. The molecule has 6 nitrogen and oxygen atoms in total. The number of carbonyl (C=O) groups excluding carboxylic acids is 3. The summed E-state index contributed by atoms with van der Waals surface area (Å²) in [5.74, 6) is -0.986. The van der Waals surface area contributed by atoms with Crippen molar-refractivity contribution in [2.75, 3.05) is 13.2 Å². The molecule has 0 aliphatic carbocycles. The fourth-order valence-electron chi connectivity index (χ4n) is 7.33. The van der Waals surface area contributed by atoms with Gasteiger partial charge in [-0.05, 0) is 70.6 Å². The van der Waals surface area contributed by atoms with E-state index in [1.165, 1.54) is 128 Å². The number of unbranched alkanes of at least 4 members (excludes halogenated alkanes) is 26. The number of hydrogen-bond donors (Lipinski definition) is 0. The van der Waals surface area contributed by atoms with E-state index >= 15 is 0 Å². The summed E-state index contributed by atoms with van der Waals surface area (Å²) >= 11 is 0. The minimum Gasteiger partial charge on any atom is -0.462 e. The van der Waals surface area contributed by atoms with Crippen LogP contribution < -0.4 is 0 Å². The second-order valence-corrected chi connectivity index (χ2v) is 17.4. The standard InChI is InChI=1S/C56H98O6/c1-4-7-10-13-16-19-22-25-27-28-29-32-34-37-40-43-46-49-55(58)61-52-53(51-60-54(57)48-45-42-39-36-33-30-24-21-18-15-12-9-6-3)62-56(59)50-47-44-41-38-35-31-26-23-20-17-14-11-8-5-2/h8,11,17,20,26,30-31,33,39,42,53H,4-7,9-10,12-16,18-19,21-25,27-29,32,34-38,40-41,43-52H2,1-3H3/b11-8-,20-17-,31-26-,33-30-,42-39-. The minimum atomic E-state index is -0.805. The first-order valence-electron chi connectivity index (χ1n) is 26.3. The van der Waals surface area contributed by atoms with Gasteiger partial charge >= 0.3 is 17.9 Å². The van der Waals surface area contributed by atoms with E-state index in [0.29, 0.717) is 19.3 Å². The zero-order valence-electron chi connectivity index (χ0n) is 40.9. The molecule has 358 valence electrons. The minimum absolute atomic E-state index is 0.0985. The highest BCUT2D eigenvalue weighted by Crippen LogP contribution is 2.15. The molecule has 0 N–H and O–H groups in total. The maximum atomic E-state index is 12.8. The van der Waals surface area contributed by atoms with Gasteiger partial charge in [0.1, 0.15) is 13.2 Å². The highest BCUT2D eigenvalue weighted by atomic mass is 16.6. The summed E-state index contributed by atoms with van der Waals surface area (Å²) in [6, 6.07) is 0. The Labute approximate surface area is 383 Å². The van der Waals surface area contributed by atoms with Gasteiger partial charge in [-0.15, -0.1) is 0 Å². The topological polar surface area (TPSA) is 78.9 Å². The molecule has 0 aliphatic heterocycles. The molecule has 0 rings (SSSR count). The fraction of sp³-hybridized carbons (Fsp3) is 0.768. The summed E-state index contributed by atoms with van der Waals surface area (Å²) in [5, 5.41) is 0. The second-order valence-electron chi connectivity index (χ2n) is 17.4. The predicted molar refractivity (Wildman–Crippen MR) is 265 cm³/mol. The van der Waals surface area contributed by atoms with E-state index in [0.717, 1.165) is 83.5 Å². The van der Waals surface area contributed by atoms with Crippen molar-refractivity contribution in [3.05, 3.63) is 60.8 Å². The highest BCUT2D eigenvalue weighted by Gasteiger charge is 2.19. The monoisotopic (exact) mass is 867 g/mol. The van der Waals surface area contributed by atoms with Gasteiger partial charge in [0.15, 0.2) is 6.10 Å². The van der Waals surface area contributed by atoms with Gasteiger partial charge < -0.3 is 14.2 Å². The summed E-state index contributed by atoms with van der Waals surface area (Å²) < 4.78 is 16.7. The average Bonchev–Trinajstić information content (AvgIpc) is 3.27. The molecule has 0 fully saturated rings. The molecular formula is C56H98O6. The van der Waals surface area contributed by atoms with Crippen LogP contribution in [-0.4, -0.2) is 37.2 Å². The van der Waals surface area contributed by atoms with Crippen LogP contribution in [-0.2, 0) is 28.6 Å². The van der Waals surface area contributed by atoms with E-state index < -0.39 is 6.10 Å². The molecule has 0 aliphatic rings. The molecule has 0 bridgehead atoms. The number of carbonyl (C=O) groups is 3. The van der Waals surface area contributed by atoms with Crippen LogP contribution in [0.4, 0.5) is 0 Å². The Kier molecular flexibility index (Phi) is 48.4. The van der Waals surface area contributed by atoms with Crippen LogP contribution in [0.15, 0.2) is 60.8 Å². The maximum absolute atomic E-state index is 12.8. The van der Waals surface area contributed by atoms with Gasteiger partial charge in [0.05, 0.1) is 0 Å². The van der Waals surface area contributed by atoms with Crippen LogP contribution >= 0.6 is 0 Å². The van der Waals surface area contributed by atoms with Gasteiger partial charge in [0.2, 0.25) is 0 Å². The summed E-state index contributed by atoms with van der Waals surface area (Å²) in [6.07, 6.45) is 62.2. The lowest BCUT2D eigenvalue weighted by Gasteiger charge is -2.18. The van der Waals surface area contributed by atoms with E-state index in [1.807, 2.05) is 6.08 Å². The Morgan fingerprint density at radius 3 is 1.08 bits per heavy atom. The molecule has 0 radical (unpaired) electrons. The molecule has 1 unspecified atom stereocenters. The molecule has 1 atom stereocenters. The molecule has 0 aromatic carbocycles. The Hall–Kier alpha value is -2.89. The number of rotatable bonds is 47. The molecule has 0 amide bonds.